The first-order chi connectivity index (χ1) is 68.5. The number of hydrogen-bond acceptors (Lipinski definition) is 27. The first kappa shape index (κ1) is 122. The Bertz CT molecular complexity index is 4630. The molecule has 54 nitrogen and oxygen atoms in total. The molecule has 0 heterocycles. The summed E-state index contributed by atoms with van der Waals surface area (Å²) in [4.78, 5) is 357. The van der Waals surface area contributed by atoms with E-state index in [1.807, 2.05) is 0 Å². The molecule has 0 fully saturated rings. The molecule has 0 aliphatic carbocycles. The van der Waals surface area contributed by atoms with Crippen LogP contribution in [0.5, 0.6) is 0 Å². The SMILES string of the molecule is O=C(O)CCC(CCC(=O)O)(CCC(=O)O)NC(=O)c1cc(NC(=O)c2cc(C(=O)Nc3cc(C(=O)NC(CCC(=O)O)(CCC(=O)O)CCC(=O)O)cc(C(=O)NC(CCC(=O)O)(CCC(=O)O)CCC(=O)O)c3)cc(C(=O)Nc3cc(C(=O)NC(CCC(=O)O)(CCC(=O)O)CCC(=O)O)cc(C(=O)NC(CCC(=O)O)(CCC(=O)O)CCC(=O)O)c3)c2)cc(C(=O)NC(CCC(=O)O)(CCC(=O)O)CCC(=O)O)c1. The molecule has 0 aliphatic heterocycles. The van der Waals surface area contributed by atoms with Crippen molar-refractivity contribution in [3.63, 3.8) is 0 Å². The molecule has 0 radical (unpaired) electrons. The second kappa shape index (κ2) is 56.4. The number of carbonyl (C=O) groups excluding carboxylic acids is 9. The molecule has 0 saturated carbocycles. The lowest BCUT2D eigenvalue weighted by molar-refractivity contribution is -0.140. The number of rotatable bonds is 72. The monoisotopic (exact) mass is 2070 g/mol. The minimum absolute atomic E-state index is 0.604. The van der Waals surface area contributed by atoms with Crippen LogP contribution in [0.25, 0.3) is 0 Å². The molecule has 0 unspecified atom stereocenters. The van der Waals surface area contributed by atoms with Crippen LogP contribution in [0.3, 0.4) is 0 Å². The van der Waals surface area contributed by atoms with E-state index in [1.54, 1.807) is 0 Å². The number of carboxylic acids is 18. The summed E-state index contributed by atoms with van der Waals surface area (Å²) in [5.74, 6) is -42.0. The van der Waals surface area contributed by atoms with Crippen molar-refractivity contribution in [3.8, 4) is 0 Å². The zero-order valence-corrected chi connectivity index (χ0v) is 78.5. The molecule has 0 saturated heterocycles. The van der Waals surface area contributed by atoms with Gasteiger partial charge in [0.2, 0.25) is 0 Å². The van der Waals surface area contributed by atoms with E-state index in [-0.39, 0.29) is 0 Å². The zero-order chi connectivity index (χ0) is 111. The summed E-state index contributed by atoms with van der Waals surface area (Å²) in [6.07, 6.45) is -29.5. The second-order valence-corrected chi connectivity index (χ2v) is 35.1. The van der Waals surface area contributed by atoms with Gasteiger partial charge < -0.3 is 140 Å². The molecule has 0 bridgehead atoms. The van der Waals surface area contributed by atoms with Crippen LogP contribution in [0, 0.1) is 0 Å². The van der Waals surface area contributed by atoms with Crippen LogP contribution in [0.15, 0.2) is 72.8 Å². The predicted molar refractivity (Wildman–Crippen MR) is 494 cm³/mol. The van der Waals surface area contributed by atoms with Crippen molar-refractivity contribution < 1.29 is 221 Å². The highest BCUT2D eigenvalue weighted by Crippen LogP contribution is 2.36. The van der Waals surface area contributed by atoms with E-state index in [4.69, 9.17) is 0 Å². The van der Waals surface area contributed by atoms with Crippen LogP contribution in [0.1, 0.15) is 324 Å². The first-order valence-corrected chi connectivity index (χ1v) is 44.9. The number of carboxylic acid groups (broad SMARTS) is 18. The van der Waals surface area contributed by atoms with Gasteiger partial charge in [0, 0.05) is 216 Å². The van der Waals surface area contributed by atoms with Gasteiger partial charge >= 0.3 is 107 Å². The molecule has 54 heteroatoms. The van der Waals surface area contributed by atoms with Crippen LogP contribution in [0.4, 0.5) is 17.1 Å². The molecule has 147 heavy (non-hydrogen) atoms. The van der Waals surface area contributed by atoms with Crippen molar-refractivity contribution in [2.24, 2.45) is 0 Å². The quantitative estimate of drug-likeness (QED) is 0.0247. The number of hydrogen-bond donors (Lipinski definition) is 27. The zero-order valence-electron chi connectivity index (χ0n) is 78.5. The Morgan fingerprint density at radius 2 is 0.218 bits per heavy atom. The molecular weight excluding hydrogens is 1960 g/mol. The maximum Gasteiger partial charge on any atom is 0.303 e. The molecule has 0 spiro atoms. The Morgan fingerprint density at radius 3 is 0.299 bits per heavy atom. The van der Waals surface area contributed by atoms with Crippen LogP contribution in [0.2, 0.25) is 0 Å². The third-order valence-electron chi connectivity index (χ3n) is 23.9. The summed E-state index contributed by atoms with van der Waals surface area (Å²) in [6, 6.07) is 8.24. The summed E-state index contributed by atoms with van der Waals surface area (Å²) in [5.41, 5.74) is -23.3. The minimum Gasteiger partial charge on any atom is -0.481 e. The number of amides is 9. The number of nitrogens with one attached hydrogen (secondary N) is 9. The summed E-state index contributed by atoms with van der Waals surface area (Å²) in [5, 5.41) is 199. The topological polar surface area (TPSA) is 933 Å². The molecule has 27 N–H and O–H groups in total. The van der Waals surface area contributed by atoms with Gasteiger partial charge in [-0.3, -0.25) is 129 Å². The van der Waals surface area contributed by atoms with Gasteiger partial charge in [0.25, 0.3) is 53.2 Å². The first-order valence-electron chi connectivity index (χ1n) is 44.9. The number of benzene rings is 4. The van der Waals surface area contributed by atoms with Crippen LogP contribution < -0.4 is 47.9 Å². The summed E-state index contributed by atoms with van der Waals surface area (Å²) in [7, 11) is 0. The third-order valence-corrected chi connectivity index (χ3v) is 23.9. The lowest BCUT2D eigenvalue weighted by Gasteiger charge is -2.35. The van der Waals surface area contributed by atoms with Crippen molar-refractivity contribution in [1.29, 1.82) is 0 Å². The average molecular weight is 2070 g/mol. The fourth-order valence-electron chi connectivity index (χ4n) is 16.0. The maximum absolute atomic E-state index is 15.7. The number of aliphatic carboxylic acids is 18. The van der Waals surface area contributed by atoms with Crippen molar-refractivity contribution >= 4 is 178 Å². The number of carbonyl (C=O) groups is 27. The highest BCUT2D eigenvalue weighted by molar-refractivity contribution is 6.15. The van der Waals surface area contributed by atoms with Crippen LogP contribution in [-0.2, 0) is 86.3 Å². The standard InChI is InChI=1S/C93H111N9O45/c103-61(104)1-19-88(20-2-62(105)106,21-3-63(107)108)97-82(142)52-40-53(83(143)98-89(22-4-64(109)110,23-5-65(111)112)24-6-66(113)114)44-58(43-52)94-79(139)49-37-50(80(140)95-59-45-54(84(144)99-90(25-7-67(115)116,26-8-68(117)118)27-9-69(119)120)41-55(46-59)85(145)100-91(28-10-70(121)122,29-11-71(123)124)30-12-72(125)126)39-51(38-49)81(141)96-60-47-56(86(146)101-92(31-13-73(127)128,32-14-74(129)130)33-15-75(131)132)42-57(48-60)87(147)102-93(34-16-76(133)134,35-17-77(135)136)36-18-78(137)138/h37-48H,1-36H2,(H,94,139)(H,95,140)(H,96,141)(H,97,142)(H,98,143)(H,99,144)(H,100,145)(H,101,146)(H,102,147)(H,103,104)(H,105,106)(H,107,108)(H,109,110)(H,111,112)(H,113,114)(H,115,116)(H,117,118)(H,119,120)(H,121,122)(H,123,124)(H,125,126)(H,127,128)(H,129,130)(H,131,132)(H,133,134)(H,135,136)(H,137,138). The molecule has 4 rings (SSSR count). The van der Waals surface area contributed by atoms with Crippen LogP contribution >= 0.6 is 0 Å². The van der Waals surface area contributed by atoms with Gasteiger partial charge in [-0.2, -0.15) is 0 Å². The van der Waals surface area contributed by atoms with E-state index < -0.39 is 492 Å². The van der Waals surface area contributed by atoms with E-state index in [2.05, 4.69) is 47.9 Å². The Balaban J connectivity index is 2.42. The predicted octanol–water partition coefficient (Wildman–Crippen LogP) is 5.82. The molecule has 0 aromatic heterocycles. The van der Waals surface area contributed by atoms with Gasteiger partial charge in [-0.1, -0.05) is 0 Å². The van der Waals surface area contributed by atoms with E-state index in [1.165, 1.54) is 0 Å². The van der Waals surface area contributed by atoms with E-state index in [0.29, 0.717) is 36.4 Å². The molecule has 0 aliphatic rings. The Kier molecular flexibility index (Phi) is 46.8. The lowest BCUT2D eigenvalue weighted by atomic mass is 9.83. The highest BCUT2D eigenvalue weighted by atomic mass is 16.4. The minimum atomic E-state index is -2.14. The van der Waals surface area contributed by atoms with E-state index in [0.717, 1.165) is 36.4 Å². The fraction of sp³-hybridized carbons (Fsp3) is 0.452. The van der Waals surface area contributed by atoms with E-state index in [9.17, 15) is 178 Å². The average Bonchev–Trinajstić information content (AvgIpc) is 0.809. The summed E-state index contributed by atoms with van der Waals surface area (Å²) in [6.45, 7) is 0. The van der Waals surface area contributed by atoms with Crippen molar-refractivity contribution in [2.45, 2.75) is 264 Å². The molecular formula is C93H111N9O45. The molecule has 4 aromatic carbocycles. The third kappa shape index (κ3) is 43.9. The molecule has 798 valence electrons. The van der Waals surface area contributed by atoms with Crippen molar-refractivity contribution in [2.75, 3.05) is 16.0 Å². The van der Waals surface area contributed by atoms with Crippen LogP contribution in [-0.4, -0.2) is 286 Å². The van der Waals surface area contributed by atoms with Gasteiger partial charge in [-0.25, -0.2) is 0 Å². The lowest BCUT2D eigenvalue weighted by Crippen LogP contribution is -2.50. The Hall–Kier alpha value is -17.4. The van der Waals surface area contributed by atoms with Gasteiger partial charge in [-0.15, -0.1) is 0 Å². The van der Waals surface area contributed by atoms with Crippen molar-refractivity contribution in [3.05, 3.63) is 123 Å². The van der Waals surface area contributed by atoms with Gasteiger partial charge in [0.1, 0.15) is 0 Å². The smallest absolute Gasteiger partial charge is 0.303 e. The normalized spacial score (nSPS) is 11.4. The molecule has 4 aromatic rings. The van der Waals surface area contributed by atoms with E-state index >= 15 is 43.2 Å². The Morgan fingerprint density at radius 1 is 0.136 bits per heavy atom. The van der Waals surface area contributed by atoms with Gasteiger partial charge in [0.15, 0.2) is 0 Å². The summed E-state index contributed by atoms with van der Waals surface area (Å²) < 4.78 is 0. The fourth-order valence-corrected chi connectivity index (χ4v) is 16.0. The second-order valence-electron chi connectivity index (χ2n) is 35.1. The number of anilines is 3. The highest BCUT2D eigenvalue weighted by Gasteiger charge is 2.43. The largest absolute Gasteiger partial charge is 0.481 e. The summed E-state index contributed by atoms with van der Waals surface area (Å²) >= 11 is 0. The Labute approximate surface area is 830 Å². The maximum atomic E-state index is 15.7. The van der Waals surface area contributed by atoms with Gasteiger partial charge in [-0.05, 0) is 188 Å². The van der Waals surface area contributed by atoms with Gasteiger partial charge in [0.05, 0.1) is 0 Å². The molecule has 9 amide bonds. The molecule has 0 atom stereocenters. The van der Waals surface area contributed by atoms with Crippen molar-refractivity contribution in [1.82, 2.24) is 31.9 Å².